The number of benzene rings is 1. The van der Waals surface area contributed by atoms with Gasteiger partial charge in [0.25, 0.3) is 0 Å². The number of aliphatic hydroxyl groups excluding tert-OH is 2. The van der Waals surface area contributed by atoms with E-state index in [0.717, 1.165) is 12.0 Å². The Kier molecular flexibility index (Phi) is 24.0. The molecule has 0 aliphatic carbocycles. The van der Waals surface area contributed by atoms with Gasteiger partial charge in [-0.1, -0.05) is 78.0 Å². The van der Waals surface area contributed by atoms with Gasteiger partial charge in [-0.2, -0.15) is 0 Å². The van der Waals surface area contributed by atoms with Crippen LogP contribution in [0.2, 0.25) is 0 Å². The molecule has 21 nitrogen and oxygen atoms in total. The number of esters is 2. The van der Waals surface area contributed by atoms with Crippen molar-refractivity contribution in [2.45, 2.75) is 168 Å². The Morgan fingerprint density at radius 2 is 1.63 bits per heavy atom. The molecule has 0 radical (unpaired) electrons. The molecule has 418 valence electrons. The molecule has 0 bridgehead atoms. The first-order valence-electron chi connectivity index (χ1n) is 26.2. The third kappa shape index (κ3) is 19.9. The second-order valence-electron chi connectivity index (χ2n) is 20.7. The number of carbonyl (C=O) groups is 7. The van der Waals surface area contributed by atoms with Crippen LogP contribution in [-0.4, -0.2) is 149 Å². The second-order valence-corrected chi connectivity index (χ2v) is 20.7. The van der Waals surface area contributed by atoms with Gasteiger partial charge in [0.1, 0.15) is 24.4 Å². The number of aliphatic hydroxyl groups is 2. The Morgan fingerprint density at radius 3 is 2.24 bits per heavy atom. The van der Waals surface area contributed by atoms with E-state index in [1.165, 1.54) is 16.7 Å². The Labute approximate surface area is 441 Å². The minimum atomic E-state index is -1.44. The Morgan fingerprint density at radius 1 is 0.973 bits per heavy atom. The SMILES string of the molecule is CC[C@H](O)[C@@H](C)C1OC1CC(C)/C=C/C=C(\C)[C@H]1OC(=O)C[C@H](O)CC[C@@](C)(OC(C)=O)[C@@H](OC(=O)N2CCN(C(=O)OCc3ccc(NC(=O)C(CCCNC(N)=O)NC(=O)[C@@H](N)C(C)C)cc3)CC2)/C=C/[C@@H]1C. The van der Waals surface area contributed by atoms with E-state index < -0.39 is 90.0 Å². The van der Waals surface area contributed by atoms with Crippen molar-refractivity contribution in [3.8, 4) is 0 Å². The average Bonchev–Trinajstić information content (AvgIpc) is 4.13. The van der Waals surface area contributed by atoms with Crippen molar-refractivity contribution in [1.29, 1.82) is 0 Å². The number of carbonyl (C=O) groups excluding carboxylic acids is 7. The molecule has 21 heteroatoms. The van der Waals surface area contributed by atoms with E-state index in [9.17, 15) is 43.8 Å². The van der Waals surface area contributed by atoms with Crippen molar-refractivity contribution < 1.29 is 67.5 Å². The average molecular weight is 1050 g/mol. The molecule has 4 unspecified atom stereocenters. The molecule has 0 spiro atoms. The number of anilines is 1. The Balaban J connectivity index is 1.36. The highest BCUT2D eigenvalue weighted by molar-refractivity contribution is 5.97. The third-order valence-corrected chi connectivity index (χ3v) is 13.9. The number of hydrogen-bond acceptors (Lipinski definition) is 15. The number of rotatable bonds is 21. The van der Waals surface area contributed by atoms with Crippen LogP contribution in [0.25, 0.3) is 0 Å². The predicted octanol–water partition coefficient (Wildman–Crippen LogP) is 4.97. The molecule has 2 saturated heterocycles. The number of ether oxygens (including phenoxy) is 5. The van der Waals surface area contributed by atoms with Crippen LogP contribution in [0, 0.1) is 23.7 Å². The maximum Gasteiger partial charge on any atom is 0.410 e. The minimum absolute atomic E-state index is 0.0235. The van der Waals surface area contributed by atoms with Gasteiger partial charge in [0.15, 0.2) is 6.10 Å². The summed E-state index contributed by atoms with van der Waals surface area (Å²) in [5.74, 6) is -2.59. The number of piperazine rings is 1. The first-order chi connectivity index (χ1) is 35.4. The van der Waals surface area contributed by atoms with Crippen molar-refractivity contribution >= 4 is 47.7 Å². The molecule has 1 aromatic carbocycles. The van der Waals surface area contributed by atoms with Crippen LogP contribution in [-0.2, 0) is 49.5 Å². The normalized spacial score (nSPS) is 26.0. The quantitative estimate of drug-likeness (QED) is 0.0213. The minimum Gasteiger partial charge on any atom is -0.457 e. The molecule has 3 aliphatic rings. The lowest BCUT2D eigenvalue weighted by atomic mass is 9.88. The Hall–Kier alpha value is -6.03. The van der Waals surface area contributed by atoms with Gasteiger partial charge in [0.05, 0.1) is 36.9 Å². The molecule has 3 aliphatic heterocycles. The van der Waals surface area contributed by atoms with Gasteiger partial charge in [0.2, 0.25) is 11.8 Å². The molecule has 2 fully saturated rings. The van der Waals surface area contributed by atoms with Crippen LogP contribution in [0.15, 0.2) is 60.2 Å². The molecule has 3 heterocycles. The Bertz CT molecular complexity index is 2180. The molecule has 1 aromatic rings. The van der Waals surface area contributed by atoms with Crippen LogP contribution < -0.4 is 27.4 Å². The van der Waals surface area contributed by atoms with Gasteiger partial charge in [-0.15, -0.1) is 0 Å². The van der Waals surface area contributed by atoms with Gasteiger partial charge in [-0.05, 0) is 93.6 Å². The van der Waals surface area contributed by atoms with Crippen LogP contribution in [0.1, 0.15) is 113 Å². The summed E-state index contributed by atoms with van der Waals surface area (Å²) in [6.45, 7) is 16.8. The predicted molar refractivity (Wildman–Crippen MR) is 279 cm³/mol. The summed E-state index contributed by atoms with van der Waals surface area (Å²) in [5, 5.41) is 29.2. The summed E-state index contributed by atoms with van der Waals surface area (Å²) in [5.41, 5.74) is 11.5. The molecule has 0 saturated carbocycles. The van der Waals surface area contributed by atoms with E-state index in [4.69, 9.17) is 35.2 Å². The highest BCUT2D eigenvalue weighted by atomic mass is 16.6. The van der Waals surface area contributed by atoms with Gasteiger partial charge in [0, 0.05) is 57.2 Å². The summed E-state index contributed by atoms with van der Waals surface area (Å²) in [6.07, 6.45) is 6.36. The highest BCUT2D eigenvalue weighted by Gasteiger charge is 2.45. The number of epoxide rings is 1. The summed E-state index contributed by atoms with van der Waals surface area (Å²) in [6, 6.07) is 4.12. The fourth-order valence-electron chi connectivity index (χ4n) is 8.97. The van der Waals surface area contributed by atoms with Gasteiger partial charge in [-0.3, -0.25) is 19.2 Å². The molecule has 12 atom stereocenters. The number of nitrogens with one attached hydrogen (secondary N) is 3. The number of hydrogen-bond donors (Lipinski definition) is 7. The zero-order valence-corrected chi connectivity index (χ0v) is 45.2. The van der Waals surface area contributed by atoms with E-state index in [-0.39, 0.29) is 95.0 Å². The lowest BCUT2D eigenvalue weighted by Crippen LogP contribution is -2.53. The van der Waals surface area contributed by atoms with Gasteiger partial charge in [-0.25, -0.2) is 14.4 Å². The van der Waals surface area contributed by atoms with Crippen molar-refractivity contribution in [3.05, 3.63) is 65.8 Å². The fraction of sp³-hybridized carbons (Fsp3) is 0.648. The van der Waals surface area contributed by atoms with E-state index in [1.54, 1.807) is 57.2 Å². The van der Waals surface area contributed by atoms with Crippen molar-refractivity contribution in [2.24, 2.45) is 35.1 Å². The van der Waals surface area contributed by atoms with E-state index in [0.29, 0.717) is 24.1 Å². The van der Waals surface area contributed by atoms with Crippen LogP contribution in [0.3, 0.4) is 0 Å². The van der Waals surface area contributed by atoms with Crippen molar-refractivity contribution in [2.75, 3.05) is 38.0 Å². The summed E-state index contributed by atoms with van der Waals surface area (Å²) in [7, 11) is 0. The van der Waals surface area contributed by atoms with Crippen LogP contribution >= 0.6 is 0 Å². The first-order valence-corrected chi connectivity index (χ1v) is 26.2. The van der Waals surface area contributed by atoms with E-state index in [2.05, 4.69) is 22.9 Å². The highest BCUT2D eigenvalue weighted by Crippen LogP contribution is 2.37. The lowest BCUT2D eigenvalue weighted by Gasteiger charge is -2.38. The standard InChI is InChI=1S/C54H83N7O14/c1-10-42(64)36(7)48-43(72-48)29-33(4)13-11-14-34(5)47-35(6)16-21-44(54(9,75-37(8)62)23-22-40(63)30-45(65)74-47)73-53(70)61-27-25-60(26-28-61)52(69)71-31-38-17-19-39(20-18-38)58-49(66)41(15-12-24-57-51(56)68)59-50(67)46(55)32(2)3/h11,13-14,16-21,32-33,35-36,40-44,46-48,63-64H,10,12,15,22-31,55H2,1-9H3,(H,58,66)(H,59,67)(H3,56,57,68)/b13-11+,21-16+,34-14+/t33?,35-,36+,40+,41?,42-,43?,44-,46-,47+,48?,54+/m0/s1. The van der Waals surface area contributed by atoms with Crippen molar-refractivity contribution in [3.63, 3.8) is 0 Å². The molecular weight excluding hydrogens is 971 g/mol. The number of primary amides is 1. The van der Waals surface area contributed by atoms with E-state index >= 15 is 0 Å². The number of nitrogens with zero attached hydrogens (tertiary/aromatic N) is 2. The van der Waals surface area contributed by atoms with Gasteiger partial charge < -0.3 is 71.1 Å². The maximum atomic E-state index is 13.9. The number of allylic oxidation sites excluding steroid dienone is 3. The van der Waals surface area contributed by atoms with Crippen LogP contribution in [0.4, 0.5) is 20.1 Å². The summed E-state index contributed by atoms with van der Waals surface area (Å²) < 4.78 is 29.4. The molecule has 6 amide bonds. The number of nitrogens with two attached hydrogens (primary N) is 2. The largest absolute Gasteiger partial charge is 0.457 e. The second kappa shape index (κ2) is 29.3. The maximum absolute atomic E-state index is 13.9. The number of cyclic esters (lactones) is 1. The topological polar surface area (TPSA) is 304 Å². The van der Waals surface area contributed by atoms with Crippen molar-refractivity contribution in [1.82, 2.24) is 20.4 Å². The molecular formula is C54H83N7O14. The third-order valence-electron chi connectivity index (χ3n) is 13.9. The molecule has 0 aromatic heterocycles. The molecule has 75 heavy (non-hydrogen) atoms. The monoisotopic (exact) mass is 1050 g/mol. The smallest absolute Gasteiger partial charge is 0.410 e. The zero-order chi connectivity index (χ0) is 55.6. The molecule has 9 N–H and O–H groups in total. The number of urea groups is 1. The summed E-state index contributed by atoms with van der Waals surface area (Å²) >= 11 is 0. The van der Waals surface area contributed by atoms with E-state index in [1.807, 2.05) is 45.9 Å². The van der Waals surface area contributed by atoms with Crippen LogP contribution in [0.5, 0.6) is 0 Å². The first kappa shape index (κ1) is 61.5. The summed E-state index contributed by atoms with van der Waals surface area (Å²) in [4.78, 5) is 92.8. The fourth-order valence-corrected chi connectivity index (χ4v) is 8.97. The number of amides is 6. The zero-order valence-electron chi connectivity index (χ0n) is 45.2. The lowest BCUT2D eigenvalue weighted by molar-refractivity contribution is -0.168. The molecule has 4 rings (SSSR count). The van der Waals surface area contributed by atoms with Gasteiger partial charge >= 0.3 is 30.2 Å².